The molecule has 0 aliphatic heterocycles. The summed E-state index contributed by atoms with van der Waals surface area (Å²) in [4.78, 5) is 0. The smallest absolute Gasteiger partial charge is 0.301 e. The molecular weight excluding hydrogens is 250 g/mol. The molecule has 3 N–H and O–H groups in total. The van der Waals surface area contributed by atoms with Crippen LogP contribution in [0.1, 0.15) is 0 Å². The second-order valence-corrected chi connectivity index (χ2v) is 4.49. The molecule has 7 heteroatoms. The van der Waals surface area contributed by atoms with Crippen molar-refractivity contribution in [1.82, 2.24) is 20.4 Å². The lowest BCUT2D eigenvalue weighted by atomic mass is 10.1. The molecule has 0 radical (unpaired) electrons. The zero-order valence-electron chi connectivity index (χ0n) is 9.20. The number of aromatic nitrogens is 4. The van der Waals surface area contributed by atoms with Gasteiger partial charge in [-0.15, -0.1) is 5.10 Å². The third-order valence-electron chi connectivity index (χ3n) is 2.31. The van der Waals surface area contributed by atoms with Gasteiger partial charge in [0.2, 0.25) is 5.13 Å². The lowest BCUT2D eigenvalue weighted by Crippen LogP contribution is -1.83. The van der Waals surface area contributed by atoms with Crippen molar-refractivity contribution >= 4 is 16.5 Å². The quantitative estimate of drug-likeness (QED) is 0.753. The van der Waals surface area contributed by atoms with Crippen LogP contribution in [0.15, 0.2) is 36.7 Å². The molecular formula is C11H9N5OS. The number of aromatic amines is 1. The molecule has 0 saturated heterocycles. The number of benzene rings is 1. The third kappa shape index (κ3) is 2.16. The van der Waals surface area contributed by atoms with Crippen molar-refractivity contribution in [3.8, 4) is 22.1 Å². The number of H-pyrrole nitrogens is 1. The van der Waals surface area contributed by atoms with Crippen LogP contribution in [-0.2, 0) is 0 Å². The zero-order chi connectivity index (χ0) is 12.4. The van der Waals surface area contributed by atoms with Gasteiger partial charge in [-0.05, 0) is 29.0 Å². The molecule has 0 amide bonds. The fourth-order valence-corrected chi connectivity index (χ4v) is 1.97. The van der Waals surface area contributed by atoms with Crippen molar-refractivity contribution < 1.29 is 4.74 Å². The molecule has 3 aromatic rings. The summed E-state index contributed by atoms with van der Waals surface area (Å²) in [5.74, 6) is 0.693. The van der Waals surface area contributed by atoms with Gasteiger partial charge >= 0.3 is 5.19 Å². The van der Waals surface area contributed by atoms with Crippen LogP contribution in [0.3, 0.4) is 0 Å². The molecule has 90 valence electrons. The number of hydrogen-bond donors (Lipinski definition) is 2. The van der Waals surface area contributed by atoms with E-state index >= 15 is 0 Å². The van der Waals surface area contributed by atoms with E-state index in [0.29, 0.717) is 16.1 Å². The zero-order valence-corrected chi connectivity index (χ0v) is 10.0. The molecule has 0 aliphatic rings. The summed E-state index contributed by atoms with van der Waals surface area (Å²) in [6, 6.07) is 7.62. The normalized spacial score (nSPS) is 10.4. The Hall–Kier alpha value is -2.41. The van der Waals surface area contributed by atoms with Crippen molar-refractivity contribution in [3.05, 3.63) is 36.7 Å². The van der Waals surface area contributed by atoms with E-state index < -0.39 is 0 Å². The van der Waals surface area contributed by atoms with E-state index in [-0.39, 0.29) is 0 Å². The molecule has 0 atom stereocenters. The molecule has 2 heterocycles. The van der Waals surface area contributed by atoms with Crippen LogP contribution >= 0.6 is 11.3 Å². The van der Waals surface area contributed by atoms with Gasteiger partial charge < -0.3 is 10.5 Å². The molecule has 6 nitrogen and oxygen atoms in total. The van der Waals surface area contributed by atoms with E-state index in [0.717, 1.165) is 11.1 Å². The van der Waals surface area contributed by atoms with Crippen LogP contribution in [-0.4, -0.2) is 20.4 Å². The molecule has 0 aliphatic carbocycles. The predicted octanol–water partition coefficient (Wildman–Crippen LogP) is 2.30. The summed E-state index contributed by atoms with van der Waals surface area (Å²) < 4.78 is 5.51. The molecule has 3 rings (SSSR count). The molecule has 0 fully saturated rings. The summed E-state index contributed by atoms with van der Waals surface area (Å²) in [5, 5.41) is 15.0. The molecule has 0 saturated carbocycles. The van der Waals surface area contributed by atoms with E-state index in [1.807, 2.05) is 30.5 Å². The number of nitrogens with two attached hydrogens (primary N) is 1. The molecule has 18 heavy (non-hydrogen) atoms. The first-order valence-electron chi connectivity index (χ1n) is 5.17. The maximum absolute atomic E-state index is 5.51. The van der Waals surface area contributed by atoms with Crippen molar-refractivity contribution in [2.45, 2.75) is 0 Å². The van der Waals surface area contributed by atoms with Gasteiger partial charge in [-0.3, -0.25) is 5.10 Å². The van der Waals surface area contributed by atoms with Crippen molar-refractivity contribution in [2.75, 3.05) is 5.73 Å². The Kier molecular flexibility index (Phi) is 2.66. The highest BCUT2D eigenvalue weighted by Crippen LogP contribution is 2.27. The summed E-state index contributed by atoms with van der Waals surface area (Å²) in [6.45, 7) is 0. The fourth-order valence-electron chi connectivity index (χ4n) is 1.49. The first-order valence-corrected chi connectivity index (χ1v) is 5.99. The number of nitrogens with zero attached hydrogens (tertiary/aromatic N) is 3. The van der Waals surface area contributed by atoms with E-state index in [2.05, 4.69) is 20.4 Å². The Labute approximate surface area is 106 Å². The van der Waals surface area contributed by atoms with Crippen LogP contribution in [0.4, 0.5) is 5.13 Å². The number of nitrogen functional groups attached to an aromatic ring is 1. The summed E-state index contributed by atoms with van der Waals surface area (Å²) in [7, 11) is 0. The largest absolute Gasteiger partial charge is 0.430 e. The minimum atomic E-state index is 0.389. The molecule has 0 spiro atoms. The van der Waals surface area contributed by atoms with Gasteiger partial charge in [0.25, 0.3) is 0 Å². The van der Waals surface area contributed by atoms with E-state index in [1.165, 1.54) is 11.3 Å². The van der Waals surface area contributed by atoms with Gasteiger partial charge in [-0.2, -0.15) is 5.10 Å². The van der Waals surface area contributed by atoms with E-state index in [9.17, 15) is 0 Å². The summed E-state index contributed by atoms with van der Waals surface area (Å²) in [6.07, 6.45) is 3.60. The maximum atomic E-state index is 5.51. The Morgan fingerprint density at radius 1 is 1.11 bits per heavy atom. The number of nitrogens with one attached hydrogen (secondary N) is 1. The van der Waals surface area contributed by atoms with Crippen LogP contribution in [0.25, 0.3) is 11.1 Å². The second-order valence-electron chi connectivity index (χ2n) is 3.52. The minimum Gasteiger partial charge on any atom is -0.430 e. The van der Waals surface area contributed by atoms with Gasteiger partial charge in [0, 0.05) is 11.8 Å². The average molecular weight is 259 g/mol. The monoisotopic (exact) mass is 259 g/mol. The van der Waals surface area contributed by atoms with Crippen molar-refractivity contribution in [2.24, 2.45) is 0 Å². The standard InChI is InChI=1S/C11H9N5OS/c12-10-15-16-11(18-10)17-9-3-1-7(2-4-9)8-5-13-14-6-8/h1-6H,(H2,12,15)(H,13,14). The summed E-state index contributed by atoms with van der Waals surface area (Å²) >= 11 is 1.20. The Morgan fingerprint density at radius 2 is 1.94 bits per heavy atom. The number of anilines is 1. The lowest BCUT2D eigenvalue weighted by molar-refractivity contribution is 0.473. The SMILES string of the molecule is Nc1nnc(Oc2ccc(-c3cn[nH]c3)cc2)s1. The second kappa shape index (κ2) is 4.46. The first kappa shape index (κ1) is 10.7. The van der Waals surface area contributed by atoms with Crippen LogP contribution < -0.4 is 10.5 Å². The Bertz CT molecular complexity index is 632. The fraction of sp³-hybridized carbons (Fsp3) is 0. The summed E-state index contributed by atoms with van der Waals surface area (Å²) in [5.41, 5.74) is 7.57. The average Bonchev–Trinajstić information content (AvgIpc) is 3.02. The van der Waals surface area contributed by atoms with Crippen LogP contribution in [0, 0.1) is 0 Å². The first-order chi connectivity index (χ1) is 8.81. The third-order valence-corrected chi connectivity index (χ3v) is 2.94. The minimum absolute atomic E-state index is 0.389. The maximum Gasteiger partial charge on any atom is 0.301 e. The molecule has 2 aromatic heterocycles. The molecule has 1 aromatic carbocycles. The van der Waals surface area contributed by atoms with E-state index in [4.69, 9.17) is 10.5 Å². The topological polar surface area (TPSA) is 89.7 Å². The number of rotatable bonds is 3. The lowest BCUT2D eigenvalue weighted by Gasteiger charge is -2.02. The number of hydrogen-bond acceptors (Lipinski definition) is 6. The molecule has 0 bridgehead atoms. The Balaban J connectivity index is 1.79. The number of ether oxygens (including phenoxy) is 1. The van der Waals surface area contributed by atoms with Gasteiger partial charge in [0.15, 0.2) is 0 Å². The highest BCUT2D eigenvalue weighted by atomic mass is 32.1. The van der Waals surface area contributed by atoms with Crippen LogP contribution in [0.2, 0.25) is 0 Å². The van der Waals surface area contributed by atoms with Crippen molar-refractivity contribution in [3.63, 3.8) is 0 Å². The van der Waals surface area contributed by atoms with E-state index in [1.54, 1.807) is 6.20 Å². The van der Waals surface area contributed by atoms with Gasteiger partial charge in [0.05, 0.1) is 6.20 Å². The highest BCUT2D eigenvalue weighted by Gasteiger charge is 2.04. The highest BCUT2D eigenvalue weighted by molar-refractivity contribution is 7.16. The molecule has 0 unspecified atom stereocenters. The van der Waals surface area contributed by atoms with Crippen molar-refractivity contribution in [1.29, 1.82) is 0 Å². The van der Waals surface area contributed by atoms with Crippen LogP contribution in [0.5, 0.6) is 10.9 Å². The Morgan fingerprint density at radius 3 is 2.56 bits per heavy atom. The van der Waals surface area contributed by atoms with Gasteiger partial charge in [-0.25, -0.2) is 0 Å². The predicted molar refractivity (Wildman–Crippen MR) is 68.4 cm³/mol. The van der Waals surface area contributed by atoms with Gasteiger partial charge in [0.1, 0.15) is 5.75 Å². The van der Waals surface area contributed by atoms with Gasteiger partial charge in [-0.1, -0.05) is 17.2 Å².